The van der Waals surface area contributed by atoms with Crippen molar-refractivity contribution in [1.82, 2.24) is 9.55 Å². The summed E-state index contributed by atoms with van der Waals surface area (Å²) < 4.78 is 6.77. The Labute approximate surface area is 185 Å². The number of nitrogens with one attached hydrogen (secondary N) is 1. The number of fused-ring (bicyclic) bond motifs is 1. The highest BCUT2D eigenvalue weighted by atomic mass is 32.2. The fraction of sp³-hybridized carbons (Fsp3) is 0.0909. The Balaban J connectivity index is 1.70. The highest BCUT2D eigenvalue weighted by Gasteiger charge is 2.16. The van der Waals surface area contributed by atoms with Gasteiger partial charge < -0.3 is 10.1 Å². The van der Waals surface area contributed by atoms with E-state index in [1.807, 2.05) is 12.1 Å². The van der Waals surface area contributed by atoms with Gasteiger partial charge in [-0.3, -0.25) is 14.2 Å². The molecule has 4 rings (SSSR count). The fourth-order valence-electron chi connectivity index (χ4n) is 2.97. The van der Waals surface area contributed by atoms with Crippen molar-refractivity contribution in [2.24, 2.45) is 0 Å². The number of carbonyl (C=O) groups is 1. The Morgan fingerprint density at radius 3 is 2.90 bits per heavy atom. The minimum atomic E-state index is -0.288. The average Bonchev–Trinajstić information content (AvgIpc) is 3.24. The van der Waals surface area contributed by atoms with Crippen LogP contribution in [-0.4, -0.2) is 28.3 Å². The molecule has 0 aliphatic carbocycles. The van der Waals surface area contributed by atoms with Gasteiger partial charge in [-0.25, -0.2) is 4.98 Å². The van der Waals surface area contributed by atoms with Gasteiger partial charge in [-0.15, -0.1) is 11.3 Å². The first-order chi connectivity index (χ1) is 15.1. The van der Waals surface area contributed by atoms with Gasteiger partial charge in [0.25, 0.3) is 5.56 Å². The molecule has 0 bridgehead atoms. The number of carbonyl (C=O) groups excluding carboxylic acids is 1. The lowest BCUT2D eigenvalue weighted by molar-refractivity contribution is -0.113. The van der Waals surface area contributed by atoms with Gasteiger partial charge in [-0.05, 0) is 35.7 Å². The van der Waals surface area contributed by atoms with Crippen molar-refractivity contribution in [2.75, 3.05) is 18.2 Å². The van der Waals surface area contributed by atoms with Gasteiger partial charge in [0.2, 0.25) is 5.91 Å². The van der Waals surface area contributed by atoms with Crippen LogP contribution in [0.2, 0.25) is 0 Å². The summed E-state index contributed by atoms with van der Waals surface area (Å²) in [6.45, 7) is 0. The molecule has 0 saturated carbocycles. The summed E-state index contributed by atoms with van der Waals surface area (Å²) in [6.07, 6.45) is 0. The molecular weight excluding hydrogens is 432 g/mol. The number of anilines is 1. The number of methoxy groups -OCH3 is 1. The molecule has 1 N–H and O–H groups in total. The van der Waals surface area contributed by atoms with E-state index in [4.69, 9.17) is 10.00 Å². The first-order valence-electron chi connectivity index (χ1n) is 9.17. The lowest BCUT2D eigenvalue weighted by Crippen LogP contribution is -2.23. The van der Waals surface area contributed by atoms with Crippen LogP contribution in [-0.2, 0) is 4.79 Å². The summed E-state index contributed by atoms with van der Waals surface area (Å²) in [6, 6.07) is 17.9. The van der Waals surface area contributed by atoms with Gasteiger partial charge in [0, 0.05) is 6.07 Å². The number of aromatic nitrogens is 2. The molecule has 0 saturated heterocycles. The zero-order chi connectivity index (χ0) is 21.8. The van der Waals surface area contributed by atoms with Crippen molar-refractivity contribution >= 4 is 44.9 Å². The van der Waals surface area contributed by atoms with Crippen LogP contribution in [0, 0.1) is 11.3 Å². The number of thiophene rings is 1. The summed E-state index contributed by atoms with van der Waals surface area (Å²) in [5.41, 5.74) is 1.34. The lowest BCUT2D eigenvalue weighted by atomic mass is 10.2. The summed E-state index contributed by atoms with van der Waals surface area (Å²) in [7, 11) is 1.56. The zero-order valence-electron chi connectivity index (χ0n) is 16.4. The molecule has 0 spiro atoms. The number of nitrogens with zero attached hydrogens (tertiary/aromatic N) is 3. The van der Waals surface area contributed by atoms with Crippen LogP contribution in [0.5, 0.6) is 5.75 Å². The van der Waals surface area contributed by atoms with Gasteiger partial charge in [-0.1, -0.05) is 30.0 Å². The Morgan fingerprint density at radius 1 is 1.26 bits per heavy atom. The third-order valence-electron chi connectivity index (χ3n) is 4.43. The van der Waals surface area contributed by atoms with E-state index >= 15 is 0 Å². The molecule has 2 heterocycles. The van der Waals surface area contributed by atoms with Crippen LogP contribution in [0.4, 0.5) is 5.00 Å². The minimum Gasteiger partial charge on any atom is -0.497 e. The number of nitriles is 1. The molecule has 0 unspecified atom stereocenters. The Kier molecular flexibility index (Phi) is 6.02. The molecule has 0 aliphatic heterocycles. The smallest absolute Gasteiger partial charge is 0.266 e. The zero-order valence-corrected chi connectivity index (χ0v) is 18.0. The third-order valence-corrected chi connectivity index (χ3v) is 6.20. The largest absolute Gasteiger partial charge is 0.497 e. The molecule has 0 fully saturated rings. The van der Waals surface area contributed by atoms with Crippen LogP contribution >= 0.6 is 23.1 Å². The second-order valence-corrected chi connectivity index (χ2v) is 8.22. The van der Waals surface area contributed by atoms with E-state index in [2.05, 4.69) is 10.3 Å². The molecule has 31 heavy (non-hydrogen) atoms. The van der Waals surface area contributed by atoms with E-state index in [0.717, 1.165) is 11.8 Å². The molecule has 9 heteroatoms. The van der Waals surface area contributed by atoms with Gasteiger partial charge in [0.1, 0.15) is 16.8 Å². The van der Waals surface area contributed by atoms with Gasteiger partial charge in [0.15, 0.2) is 5.16 Å². The highest BCUT2D eigenvalue weighted by molar-refractivity contribution is 7.99. The van der Waals surface area contributed by atoms with Crippen LogP contribution in [0.15, 0.2) is 69.9 Å². The standard InChI is InChI=1S/C22H16N4O3S2/c1-29-16-6-4-5-15(11-16)26-21(28)17-7-2-3-8-18(17)24-22(26)31-13-19(27)25-20-14(12-23)9-10-30-20/h2-11H,13H2,1H3,(H,25,27). The molecule has 1 amide bonds. The topological polar surface area (TPSA) is 97.0 Å². The number of thioether (sulfide) groups is 1. The van der Waals surface area contributed by atoms with Crippen LogP contribution in [0.1, 0.15) is 5.56 Å². The van der Waals surface area contributed by atoms with Crippen LogP contribution in [0.3, 0.4) is 0 Å². The maximum absolute atomic E-state index is 13.3. The maximum atomic E-state index is 13.3. The number of hydrogen-bond donors (Lipinski definition) is 1. The van der Waals surface area contributed by atoms with E-state index in [1.54, 1.807) is 61.0 Å². The van der Waals surface area contributed by atoms with E-state index in [1.165, 1.54) is 15.9 Å². The van der Waals surface area contributed by atoms with Crippen LogP contribution < -0.4 is 15.6 Å². The van der Waals surface area contributed by atoms with Crippen molar-refractivity contribution in [3.8, 4) is 17.5 Å². The molecule has 0 radical (unpaired) electrons. The summed E-state index contributed by atoms with van der Waals surface area (Å²) in [4.78, 5) is 30.4. The maximum Gasteiger partial charge on any atom is 0.266 e. The van der Waals surface area contributed by atoms with Gasteiger partial charge in [-0.2, -0.15) is 5.26 Å². The molecule has 154 valence electrons. The SMILES string of the molecule is COc1cccc(-n2c(SCC(=O)Nc3sccc3C#N)nc3ccccc3c2=O)c1. The van der Waals surface area contributed by atoms with Crippen LogP contribution in [0.25, 0.3) is 16.6 Å². The van der Waals surface area contributed by atoms with Crippen molar-refractivity contribution in [3.05, 3.63) is 75.9 Å². The second kappa shape index (κ2) is 9.04. The summed E-state index contributed by atoms with van der Waals surface area (Å²) in [5.74, 6) is 0.342. The highest BCUT2D eigenvalue weighted by Crippen LogP contribution is 2.25. The van der Waals surface area contributed by atoms with Gasteiger partial charge in [0.05, 0.1) is 35.0 Å². The van der Waals surface area contributed by atoms with Crippen molar-refractivity contribution in [2.45, 2.75) is 5.16 Å². The number of benzene rings is 2. The summed E-state index contributed by atoms with van der Waals surface area (Å²) in [5, 5.41) is 15.0. The first kappa shape index (κ1) is 20.7. The third kappa shape index (κ3) is 4.30. The summed E-state index contributed by atoms with van der Waals surface area (Å²) >= 11 is 2.43. The molecule has 2 aromatic heterocycles. The normalized spacial score (nSPS) is 10.6. The average molecular weight is 449 g/mol. The molecule has 0 atom stereocenters. The first-order valence-corrected chi connectivity index (χ1v) is 11.0. The minimum absolute atomic E-state index is 0.0253. The predicted octanol–water partition coefficient (Wildman–Crippen LogP) is 4.06. The predicted molar refractivity (Wildman–Crippen MR) is 122 cm³/mol. The van der Waals surface area contributed by atoms with E-state index < -0.39 is 0 Å². The lowest BCUT2D eigenvalue weighted by Gasteiger charge is -2.14. The Hall–Kier alpha value is -3.61. The number of hydrogen-bond acceptors (Lipinski definition) is 7. The molecular formula is C22H16N4O3S2. The molecule has 2 aromatic carbocycles. The Bertz CT molecular complexity index is 1370. The quantitative estimate of drug-likeness (QED) is 0.353. The molecule has 0 aliphatic rings. The molecule has 4 aromatic rings. The number of amides is 1. The Morgan fingerprint density at radius 2 is 2.10 bits per heavy atom. The van der Waals surface area contributed by atoms with Crippen molar-refractivity contribution in [3.63, 3.8) is 0 Å². The van der Waals surface area contributed by atoms with Crippen molar-refractivity contribution < 1.29 is 9.53 Å². The second-order valence-electron chi connectivity index (χ2n) is 6.37. The monoisotopic (exact) mass is 448 g/mol. The number of para-hydroxylation sites is 1. The van der Waals surface area contributed by atoms with E-state index in [0.29, 0.717) is 38.1 Å². The number of rotatable bonds is 6. The van der Waals surface area contributed by atoms with E-state index in [-0.39, 0.29) is 17.2 Å². The van der Waals surface area contributed by atoms with Gasteiger partial charge >= 0.3 is 0 Å². The van der Waals surface area contributed by atoms with E-state index in [9.17, 15) is 9.59 Å². The van der Waals surface area contributed by atoms with Crippen molar-refractivity contribution in [1.29, 1.82) is 5.26 Å². The number of ether oxygens (including phenoxy) is 1. The molecule has 7 nitrogen and oxygen atoms in total. The fourth-order valence-corrected chi connectivity index (χ4v) is 4.54.